The van der Waals surface area contributed by atoms with Gasteiger partial charge in [0.1, 0.15) is 6.04 Å². The number of aliphatic hydroxyl groups excluding tert-OH is 1. The van der Waals surface area contributed by atoms with Crippen molar-refractivity contribution in [2.45, 2.75) is 26.5 Å². The van der Waals surface area contributed by atoms with E-state index in [1.54, 1.807) is 24.3 Å². The molecule has 0 aliphatic rings. The van der Waals surface area contributed by atoms with Gasteiger partial charge in [0.2, 0.25) is 0 Å². The number of hydrogen-bond acceptors (Lipinski definition) is 4. The largest absolute Gasteiger partial charge is 0.391 e. The van der Waals surface area contributed by atoms with Gasteiger partial charge >= 0.3 is 0 Å². The Labute approximate surface area is 141 Å². The molecule has 2 atom stereocenters. The summed E-state index contributed by atoms with van der Waals surface area (Å²) in [6, 6.07) is 15.3. The quantitative estimate of drug-likeness (QED) is 0.497. The zero-order valence-corrected chi connectivity index (χ0v) is 12.6. The number of hydroxylamine groups is 1. The maximum atomic E-state index is 12.1. The Bertz CT molecular complexity index is 669. The van der Waals surface area contributed by atoms with Crippen molar-refractivity contribution >= 4 is 11.8 Å². The molecule has 2 aromatic carbocycles. The third kappa shape index (κ3) is 4.65. The minimum atomic E-state index is -1.23. The Hall–Kier alpha value is -2.70. The van der Waals surface area contributed by atoms with Crippen molar-refractivity contribution in [2.24, 2.45) is 0 Å². The van der Waals surface area contributed by atoms with Crippen LogP contribution in [-0.4, -0.2) is 34.3 Å². The van der Waals surface area contributed by atoms with Gasteiger partial charge in [-0.15, -0.1) is 0 Å². The molecular formula is C18H22N2O4. The molecule has 0 saturated carbocycles. The molecule has 0 fully saturated rings. The number of hydrogen-bond donors (Lipinski definition) is 4. The summed E-state index contributed by atoms with van der Waals surface area (Å²) in [5.74, 6) is -1.40. The van der Waals surface area contributed by atoms with Gasteiger partial charge in [-0.3, -0.25) is 14.8 Å². The maximum absolute atomic E-state index is 12.1. The van der Waals surface area contributed by atoms with Crippen molar-refractivity contribution < 1.29 is 19.9 Å². The van der Waals surface area contributed by atoms with Crippen molar-refractivity contribution in [2.75, 3.05) is 0 Å². The molecule has 4 N–H and O–H groups in total. The second-order valence-electron chi connectivity index (χ2n) is 5.11. The molecule has 0 spiro atoms. The SMILES string of the molecule is C.C[C@@H](O)[C@H](NC(=O)c1ccc(-c2ccccc2)cc1)C(=O)NO. The summed E-state index contributed by atoms with van der Waals surface area (Å²) in [5.41, 5.74) is 3.76. The molecule has 0 saturated heterocycles. The zero-order valence-electron chi connectivity index (χ0n) is 12.6. The van der Waals surface area contributed by atoms with Crippen LogP contribution in [0.3, 0.4) is 0 Å². The van der Waals surface area contributed by atoms with Crippen LogP contribution in [0.5, 0.6) is 0 Å². The van der Waals surface area contributed by atoms with Crippen LogP contribution in [0.1, 0.15) is 24.7 Å². The van der Waals surface area contributed by atoms with E-state index in [0.717, 1.165) is 11.1 Å². The maximum Gasteiger partial charge on any atom is 0.268 e. The number of benzene rings is 2. The Morgan fingerprint density at radius 1 is 0.958 bits per heavy atom. The average Bonchev–Trinajstić information content (AvgIpc) is 2.59. The van der Waals surface area contributed by atoms with E-state index in [4.69, 9.17) is 5.21 Å². The molecule has 0 radical (unpaired) electrons. The minimum absolute atomic E-state index is 0. The van der Waals surface area contributed by atoms with Crippen LogP contribution < -0.4 is 10.8 Å². The molecule has 0 heterocycles. The highest BCUT2D eigenvalue weighted by molar-refractivity contribution is 5.97. The van der Waals surface area contributed by atoms with Gasteiger partial charge in [-0.2, -0.15) is 0 Å². The molecule has 6 nitrogen and oxygen atoms in total. The van der Waals surface area contributed by atoms with E-state index in [1.807, 2.05) is 30.3 Å². The summed E-state index contributed by atoms with van der Waals surface area (Å²) in [5, 5.41) is 20.5. The standard InChI is InChI=1S/C17H18N2O4.CH4/c1-11(20)15(17(22)19-23)18-16(21)14-9-7-13(8-10-14)12-5-3-2-4-6-12;/h2-11,15,20,23H,1H3,(H,18,21)(H,19,22);1H4/t11-,15+;/m1./s1. The van der Waals surface area contributed by atoms with Gasteiger partial charge in [0.25, 0.3) is 11.8 Å². The first-order valence-corrected chi connectivity index (χ1v) is 7.11. The first-order valence-electron chi connectivity index (χ1n) is 7.11. The van der Waals surface area contributed by atoms with E-state index in [2.05, 4.69) is 5.32 Å². The van der Waals surface area contributed by atoms with Crippen molar-refractivity contribution in [1.82, 2.24) is 10.8 Å². The van der Waals surface area contributed by atoms with E-state index in [-0.39, 0.29) is 7.43 Å². The van der Waals surface area contributed by atoms with Crippen LogP contribution in [0.25, 0.3) is 11.1 Å². The number of rotatable bonds is 5. The Balaban J connectivity index is 0.00000288. The third-order valence-corrected chi connectivity index (χ3v) is 3.42. The summed E-state index contributed by atoms with van der Waals surface area (Å²) < 4.78 is 0. The van der Waals surface area contributed by atoms with Crippen LogP contribution in [0, 0.1) is 0 Å². The fourth-order valence-corrected chi connectivity index (χ4v) is 2.14. The molecule has 0 aromatic heterocycles. The predicted molar refractivity (Wildman–Crippen MR) is 91.5 cm³/mol. The van der Waals surface area contributed by atoms with Crippen LogP contribution in [0.2, 0.25) is 0 Å². The highest BCUT2D eigenvalue weighted by Crippen LogP contribution is 2.19. The van der Waals surface area contributed by atoms with Gasteiger partial charge in [0, 0.05) is 5.56 Å². The second-order valence-corrected chi connectivity index (χ2v) is 5.11. The topological polar surface area (TPSA) is 98.7 Å². The van der Waals surface area contributed by atoms with Gasteiger partial charge in [0.05, 0.1) is 6.10 Å². The van der Waals surface area contributed by atoms with Crippen LogP contribution in [0.15, 0.2) is 54.6 Å². The summed E-state index contributed by atoms with van der Waals surface area (Å²) in [7, 11) is 0. The molecule has 2 rings (SSSR count). The van der Waals surface area contributed by atoms with Gasteiger partial charge in [-0.05, 0) is 30.2 Å². The summed E-state index contributed by atoms with van der Waals surface area (Å²) in [6.45, 7) is 1.35. The molecule has 0 unspecified atom stereocenters. The lowest BCUT2D eigenvalue weighted by Crippen LogP contribution is -2.51. The lowest BCUT2D eigenvalue weighted by Gasteiger charge is -2.19. The summed E-state index contributed by atoms with van der Waals surface area (Å²) >= 11 is 0. The fraction of sp³-hybridized carbons (Fsp3) is 0.222. The number of nitrogens with one attached hydrogen (secondary N) is 2. The molecule has 24 heavy (non-hydrogen) atoms. The number of aliphatic hydroxyl groups is 1. The van der Waals surface area contributed by atoms with E-state index in [9.17, 15) is 14.7 Å². The van der Waals surface area contributed by atoms with Crippen molar-refractivity contribution in [3.8, 4) is 11.1 Å². The van der Waals surface area contributed by atoms with Crippen molar-refractivity contribution in [1.29, 1.82) is 0 Å². The van der Waals surface area contributed by atoms with Crippen LogP contribution >= 0.6 is 0 Å². The second kappa shape index (κ2) is 8.81. The number of carbonyl (C=O) groups is 2. The van der Waals surface area contributed by atoms with Crippen LogP contribution in [-0.2, 0) is 4.79 Å². The smallest absolute Gasteiger partial charge is 0.268 e. The minimum Gasteiger partial charge on any atom is -0.391 e. The predicted octanol–water partition coefficient (Wildman–Crippen LogP) is 1.97. The molecule has 2 amide bonds. The molecule has 128 valence electrons. The van der Waals surface area contributed by atoms with Crippen molar-refractivity contribution in [3.05, 3.63) is 60.2 Å². The normalized spacial score (nSPS) is 12.5. The van der Waals surface area contributed by atoms with Gasteiger partial charge in [0.15, 0.2) is 0 Å². The molecule has 0 bridgehead atoms. The molecule has 6 heteroatoms. The van der Waals surface area contributed by atoms with Gasteiger partial charge in [-0.25, -0.2) is 5.48 Å². The Kier molecular flexibility index (Phi) is 7.10. The first kappa shape index (κ1) is 19.3. The molecule has 0 aliphatic heterocycles. The number of amides is 2. The molecular weight excluding hydrogens is 308 g/mol. The van der Waals surface area contributed by atoms with E-state index < -0.39 is 24.0 Å². The summed E-state index contributed by atoms with van der Waals surface area (Å²) in [4.78, 5) is 23.6. The Morgan fingerprint density at radius 2 is 1.50 bits per heavy atom. The first-order chi connectivity index (χ1) is 11.0. The monoisotopic (exact) mass is 330 g/mol. The van der Waals surface area contributed by atoms with E-state index in [1.165, 1.54) is 12.4 Å². The van der Waals surface area contributed by atoms with Crippen molar-refractivity contribution in [3.63, 3.8) is 0 Å². The third-order valence-electron chi connectivity index (χ3n) is 3.42. The van der Waals surface area contributed by atoms with Gasteiger partial charge < -0.3 is 10.4 Å². The Morgan fingerprint density at radius 3 is 2.00 bits per heavy atom. The highest BCUT2D eigenvalue weighted by Gasteiger charge is 2.25. The van der Waals surface area contributed by atoms with Crippen LogP contribution in [0.4, 0.5) is 0 Å². The molecule has 0 aliphatic carbocycles. The summed E-state index contributed by atoms with van der Waals surface area (Å²) in [6.07, 6.45) is -1.14. The fourth-order valence-electron chi connectivity index (χ4n) is 2.14. The van der Waals surface area contributed by atoms with E-state index in [0.29, 0.717) is 5.56 Å². The zero-order chi connectivity index (χ0) is 16.8. The highest BCUT2D eigenvalue weighted by atomic mass is 16.5. The molecule has 2 aromatic rings. The lowest BCUT2D eigenvalue weighted by atomic mass is 10.0. The van der Waals surface area contributed by atoms with Gasteiger partial charge in [-0.1, -0.05) is 49.9 Å². The number of carbonyl (C=O) groups excluding carboxylic acids is 2. The van der Waals surface area contributed by atoms with E-state index >= 15 is 0 Å². The average molecular weight is 330 g/mol. The lowest BCUT2D eigenvalue weighted by molar-refractivity contribution is -0.133.